The highest BCUT2D eigenvalue weighted by Crippen LogP contribution is 2.45. The highest BCUT2D eigenvalue weighted by Gasteiger charge is 2.50. The number of hydrogen-bond donors (Lipinski definition) is 1. The summed E-state index contributed by atoms with van der Waals surface area (Å²) in [6.45, 7) is 9.05. The largest absolute Gasteiger partial charge is 0.491 e. The quantitative estimate of drug-likeness (QED) is 0.740. The van der Waals surface area contributed by atoms with Gasteiger partial charge in [0.1, 0.15) is 12.4 Å². The molecule has 112 valence electrons. The van der Waals surface area contributed by atoms with E-state index in [2.05, 4.69) is 26.1 Å². The number of hydrogen-bond acceptors (Lipinski definition) is 3. The van der Waals surface area contributed by atoms with E-state index in [1.54, 1.807) is 0 Å². The number of para-hydroxylation sites is 1. The van der Waals surface area contributed by atoms with Crippen LogP contribution < -0.4 is 10.1 Å². The van der Waals surface area contributed by atoms with Gasteiger partial charge in [0.25, 0.3) is 0 Å². The molecule has 1 aliphatic rings. The first-order valence-electron chi connectivity index (χ1n) is 7.73. The van der Waals surface area contributed by atoms with E-state index in [0.717, 1.165) is 25.1 Å². The summed E-state index contributed by atoms with van der Waals surface area (Å²) >= 11 is 0. The second-order valence-corrected chi connectivity index (χ2v) is 5.73. The Morgan fingerprint density at radius 2 is 1.95 bits per heavy atom. The van der Waals surface area contributed by atoms with Crippen molar-refractivity contribution in [1.29, 1.82) is 0 Å². The van der Waals surface area contributed by atoms with Crippen LogP contribution in [0.1, 0.15) is 33.6 Å². The number of nitrogens with one attached hydrogen (secondary N) is 1. The molecule has 3 heteroatoms. The molecule has 1 N–H and O–H groups in total. The number of rotatable bonds is 8. The van der Waals surface area contributed by atoms with Crippen molar-refractivity contribution < 1.29 is 9.47 Å². The number of benzene rings is 1. The zero-order valence-corrected chi connectivity index (χ0v) is 12.9. The summed E-state index contributed by atoms with van der Waals surface area (Å²) in [6, 6.07) is 10.5. The summed E-state index contributed by atoms with van der Waals surface area (Å²) in [5, 5.41) is 3.56. The lowest BCUT2D eigenvalue weighted by molar-refractivity contribution is -0.132. The van der Waals surface area contributed by atoms with Crippen LogP contribution in [0.4, 0.5) is 0 Å². The molecule has 0 heterocycles. The molecule has 0 radical (unpaired) electrons. The minimum Gasteiger partial charge on any atom is -0.491 e. The second kappa shape index (κ2) is 7.09. The topological polar surface area (TPSA) is 30.5 Å². The highest BCUT2D eigenvalue weighted by molar-refractivity contribution is 5.20. The third kappa shape index (κ3) is 3.33. The van der Waals surface area contributed by atoms with Gasteiger partial charge in [-0.2, -0.15) is 0 Å². The maximum atomic E-state index is 6.02. The van der Waals surface area contributed by atoms with Crippen LogP contribution >= 0.6 is 0 Å². The van der Waals surface area contributed by atoms with Crippen molar-refractivity contribution in [3.63, 3.8) is 0 Å². The molecule has 3 nitrogen and oxygen atoms in total. The van der Waals surface area contributed by atoms with Crippen LogP contribution in [0.5, 0.6) is 5.75 Å². The summed E-state index contributed by atoms with van der Waals surface area (Å²) in [5.74, 6) is 0.911. The van der Waals surface area contributed by atoms with Gasteiger partial charge in [-0.25, -0.2) is 0 Å². The molecule has 0 spiro atoms. The predicted octanol–water partition coefficient (Wildman–Crippen LogP) is 3.25. The van der Waals surface area contributed by atoms with E-state index < -0.39 is 0 Å². The van der Waals surface area contributed by atoms with Gasteiger partial charge in [0, 0.05) is 11.5 Å². The molecule has 0 bridgehead atoms. The van der Waals surface area contributed by atoms with Gasteiger partial charge >= 0.3 is 0 Å². The maximum absolute atomic E-state index is 6.02. The van der Waals surface area contributed by atoms with Crippen molar-refractivity contribution in [2.75, 3.05) is 19.8 Å². The maximum Gasteiger partial charge on any atom is 0.119 e. The first-order chi connectivity index (χ1) is 9.70. The smallest absolute Gasteiger partial charge is 0.119 e. The lowest BCUT2D eigenvalue weighted by atomic mass is 9.61. The van der Waals surface area contributed by atoms with Gasteiger partial charge in [0.15, 0.2) is 0 Å². The van der Waals surface area contributed by atoms with Crippen molar-refractivity contribution >= 4 is 0 Å². The Labute approximate surface area is 122 Å². The molecular weight excluding hydrogens is 250 g/mol. The average molecular weight is 277 g/mol. The van der Waals surface area contributed by atoms with Gasteiger partial charge in [-0.1, -0.05) is 39.0 Å². The monoisotopic (exact) mass is 277 g/mol. The molecule has 1 aliphatic carbocycles. The fourth-order valence-electron chi connectivity index (χ4n) is 2.98. The zero-order valence-electron chi connectivity index (χ0n) is 12.9. The van der Waals surface area contributed by atoms with Gasteiger partial charge < -0.3 is 14.8 Å². The Bertz CT molecular complexity index is 395. The van der Waals surface area contributed by atoms with E-state index in [4.69, 9.17) is 9.47 Å². The molecule has 0 aromatic heterocycles. The van der Waals surface area contributed by atoms with Crippen LogP contribution in [0, 0.1) is 5.41 Å². The fraction of sp³-hybridized carbons (Fsp3) is 0.647. The van der Waals surface area contributed by atoms with E-state index in [0.29, 0.717) is 25.4 Å². The Morgan fingerprint density at radius 1 is 1.20 bits per heavy atom. The molecular formula is C17H27NO2. The van der Waals surface area contributed by atoms with E-state index in [1.807, 2.05) is 30.3 Å². The Kier molecular flexibility index (Phi) is 5.44. The van der Waals surface area contributed by atoms with E-state index in [-0.39, 0.29) is 5.41 Å². The molecule has 0 amide bonds. The minimum atomic E-state index is 0.267. The Hall–Kier alpha value is -1.06. The van der Waals surface area contributed by atoms with Crippen LogP contribution in [0.2, 0.25) is 0 Å². The summed E-state index contributed by atoms with van der Waals surface area (Å²) in [4.78, 5) is 0. The van der Waals surface area contributed by atoms with E-state index in [1.165, 1.54) is 0 Å². The van der Waals surface area contributed by atoms with Gasteiger partial charge in [0.05, 0.1) is 12.7 Å². The summed E-state index contributed by atoms with van der Waals surface area (Å²) in [6.07, 6.45) is 2.62. The third-order valence-electron chi connectivity index (χ3n) is 4.61. The molecule has 1 aromatic rings. The summed E-state index contributed by atoms with van der Waals surface area (Å²) < 4.78 is 11.7. The summed E-state index contributed by atoms with van der Waals surface area (Å²) in [5.41, 5.74) is 0.267. The molecule has 1 fully saturated rings. The highest BCUT2D eigenvalue weighted by atomic mass is 16.5. The van der Waals surface area contributed by atoms with Crippen LogP contribution in [-0.4, -0.2) is 31.9 Å². The van der Waals surface area contributed by atoms with Crippen LogP contribution in [0.25, 0.3) is 0 Å². The van der Waals surface area contributed by atoms with Crippen LogP contribution in [0.15, 0.2) is 30.3 Å². The molecule has 20 heavy (non-hydrogen) atoms. The van der Waals surface area contributed by atoms with E-state index >= 15 is 0 Å². The van der Waals surface area contributed by atoms with Crippen molar-refractivity contribution in [3.05, 3.63) is 30.3 Å². The van der Waals surface area contributed by atoms with Crippen molar-refractivity contribution in [1.82, 2.24) is 5.32 Å². The lowest BCUT2D eigenvalue weighted by Crippen LogP contribution is -2.62. The fourth-order valence-corrected chi connectivity index (χ4v) is 2.98. The van der Waals surface area contributed by atoms with E-state index in [9.17, 15) is 0 Å². The number of ether oxygens (including phenoxy) is 2. The van der Waals surface area contributed by atoms with Gasteiger partial charge in [-0.3, -0.25) is 0 Å². The standard InChI is InChI=1S/C17H27NO2/c1-4-17(3)15(18-5-2)13-16(17)20-12-11-19-14-9-7-6-8-10-14/h6-10,15-16,18H,4-5,11-13H2,1-3H3. The minimum absolute atomic E-state index is 0.267. The average Bonchev–Trinajstić information content (AvgIpc) is 2.49. The van der Waals surface area contributed by atoms with Crippen molar-refractivity contribution in [2.24, 2.45) is 5.41 Å². The molecule has 1 aromatic carbocycles. The second-order valence-electron chi connectivity index (χ2n) is 5.73. The normalized spacial score (nSPS) is 28.9. The third-order valence-corrected chi connectivity index (χ3v) is 4.61. The molecule has 3 unspecified atom stereocenters. The van der Waals surface area contributed by atoms with Crippen molar-refractivity contribution in [2.45, 2.75) is 45.8 Å². The molecule has 0 saturated heterocycles. The Morgan fingerprint density at radius 3 is 2.60 bits per heavy atom. The zero-order chi connectivity index (χ0) is 14.4. The van der Waals surface area contributed by atoms with Crippen LogP contribution in [-0.2, 0) is 4.74 Å². The first kappa shape index (κ1) is 15.3. The van der Waals surface area contributed by atoms with Gasteiger partial charge in [0.2, 0.25) is 0 Å². The first-order valence-corrected chi connectivity index (χ1v) is 7.73. The lowest BCUT2D eigenvalue weighted by Gasteiger charge is -2.53. The van der Waals surface area contributed by atoms with Gasteiger partial charge in [-0.15, -0.1) is 0 Å². The van der Waals surface area contributed by atoms with Gasteiger partial charge in [-0.05, 0) is 31.5 Å². The van der Waals surface area contributed by atoms with Crippen molar-refractivity contribution in [3.8, 4) is 5.75 Å². The molecule has 0 aliphatic heterocycles. The van der Waals surface area contributed by atoms with Crippen LogP contribution in [0.3, 0.4) is 0 Å². The molecule has 3 atom stereocenters. The Balaban J connectivity index is 1.70. The summed E-state index contributed by atoms with van der Waals surface area (Å²) in [7, 11) is 0. The molecule has 1 saturated carbocycles. The predicted molar refractivity (Wildman–Crippen MR) is 82.2 cm³/mol. The molecule has 2 rings (SSSR count). The SMILES string of the molecule is CCNC1CC(OCCOc2ccccc2)C1(C)CC.